The zero-order valence-electron chi connectivity index (χ0n) is 25.8. The molecule has 2 unspecified atom stereocenters. The minimum Gasteiger partial charge on any atom is -0.494 e. The highest BCUT2D eigenvalue weighted by atomic mass is 32.3. The number of esters is 1. The molecule has 9 nitrogen and oxygen atoms in total. The molecule has 0 bridgehead atoms. The quantitative estimate of drug-likeness (QED) is 0.195. The molecule has 0 radical (unpaired) electrons. The van der Waals surface area contributed by atoms with Crippen molar-refractivity contribution in [1.82, 2.24) is 19.3 Å². The molecule has 0 amide bonds. The van der Waals surface area contributed by atoms with Gasteiger partial charge in [-0.25, -0.2) is 4.68 Å². The molecule has 1 aliphatic heterocycles. The van der Waals surface area contributed by atoms with Crippen LogP contribution in [0.1, 0.15) is 59.6 Å². The molecule has 1 aliphatic rings. The van der Waals surface area contributed by atoms with Crippen molar-refractivity contribution in [2.24, 2.45) is 13.0 Å². The SMILES string of the molecule is CCOC(=O)CC(c1ccc(C)c(CN2CC(C)Cc3ccc(C(F)(F)F)cc3S2(O)O)c1)c1cc(OC)c2c(c1)nnn2C. The van der Waals surface area contributed by atoms with E-state index < -0.39 is 34.4 Å². The molecule has 3 aromatic carbocycles. The van der Waals surface area contributed by atoms with Gasteiger partial charge >= 0.3 is 12.1 Å². The second-order valence-corrected chi connectivity index (χ2v) is 13.5. The molecule has 2 N–H and O–H groups in total. The first-order chi connectivity index (χ1) is 21.2. The van der Waals surface area contributed by atoms with E-state index in [0.29, 0.717) is 28.8 Å². The Balaban J connectivity index is 1.56. The van der Waals surface area contributed by atoms with E-state index in [1.165, 1.54) is 10.4 Å². The number of benzene rings is 3. The molecular formula is C32H37F3N4O5S. The van der Waals surface area contributed by atoms with Crippen molar-refractivity contribution in [3.05, 3.63) is 81.9 Å². The number of ether oxygens (including phenoxy) is 2. The van der Waals surface area contributed by atoms with Gasteiger partial charge in [0, 0.05) is 26.1 Å². The maximum Gasteiger partial charge on any atom is 0.416 e. The lowest BCUT2D eigenvalue weighted by Gasteiger charge is -2.43. The van der Waals surface area contributed by atoms with Crippen LogP contribution in [0.25, 0.3) is 11.0 Å². The van der Waals surface area contributed by atoms with Crippen molar-refractivity contribution in [2.45, 2.75) is 57.1 Å². The smallest absolute Gasteiger partial charge is 0.416 e. The summed E-state index contributed by atoms with van der Waals surface area (Å²) in [5.74, 6) is -0.376. The number of carbonyl (C=O) groups is 1. The number of halogens is 3. The average molecular weight is 647 g/mol. The summed E-state index contributed by atoms with van der Waals surface area (Å²) in [6.45, 7) is 6.11. The third kappa shape index (κ3) is 6.67. The van der Waals surface area contributed by atoms with Crippen LogP contribution >= 0.6 is 10.8 Å². The predicted octanol–water partition coefficient (Wildman–Crippen LogP) is 7.11. The minimum absolute atomic E-state index is 0.0226. The third-order valence-corrected chi connectivity index (χ3v) is 10.2. The van der Waals surface area contributed by atoms with Crippen molar-refractivity contribution in [3.8, 4) is 5.75 Å². The van der Waals surface area contributed by atoms with Crippen LogP contribution in [0.15, 0.2) is 53.4 Å². The first-order valence-corrected chi connectivity index (χ1v) is 16.1. The molecule has 0 fully saturated rings. The predicted molar refractivity (Wildman–Crippen MR) is 165 cm³/mol. The lowest BCUT2D eigenvalue weighted by molar-refractivity contribution is -0.143. The van der Waals surface area contributed by atoms with E-state index in [4.69, 9.17) is 9.47 Å². The number of nitrogens with zero attached hydrogens (tertiary/aromatic N) is 4. The number of hydrogen-bond donors (Lipinski definition) is 2. The average Bonchev–Trinajstić information content (AvgIpc) is 3.32. The second-order valence-electron chi connectivity index (χ2n) is 11.5. The van der Waals surface area contributed by atoms with Crippen LogP contribution in [0.2, 0.25) is 0 Å². The fraction of sp³-hybridized carbons (Fsp3) is 0.406. The molecule has 2 atom stereocenters. The Kier molecular flexibility index (Phi) is 9.18. The van der Waals surface area contributed by atoms with Crippen molar-refractivity contribution >= 4 is 27.8 Å². The van der Waals surface area contributed by atoms with Gasteiger partial charge in [0.25, 0.3) is 0 Å². The molecule has 242 valence electrons. The van der Waals surface area contributed by atoms with Gasteiger partial charge in [0.1, 0.15) is 16.8 Å². The Bertz CT molecular complexity index is 1730. The summed E-state index contributed by atoms with van der Waals surface area (Å²) in [6, 6.07) is 12.6. The number of carbonyl (C=O) groups excluding carboxylic acids is 1. The highest BCUT2D eigenvalue weighted by Gasteiger charge is 2.37. The summed E-state index contributed by atoms with van der Waals surface area (Å²) >= 11 is 0. The van der Waals surface area contributed by atoms with Crippen molar-refractivity contribution < 1.29 is 36.5 Å². The van der Waals surface area contributed by atoms with E-state index >= 15 is 0 Å². The molecule has 2 heterocycles. The molecule has 0 saturated carbocycles. The molecule has 4 aromatic rings. The fourth-order valence-electron chi connectivity index (χ4n) is 5.95. The van der Waals surface area contributed by atoms with Crippen molar-refractivity contribution in [2.75, 3.05) is 20.3 Å². The van der Waals surface area contributed by atoms with Crippen LogP contribution in [-0.2, 0) is 35.7 Å². The second kappa shape index (κ2) is 12.6. The van der Waals surface area contributed by atoms with Crippen molar-refractivity contribution in [3.63, 3.8) is 0 Å². The van der Waals surface area contributed by atoms with Gasteiger partial charge in [0.2, 0.25) is 0 Å². The minimum atomic E-state index is -4.62. The number of alkyl halides is 3. The standard InChI is InChI=1S/C32H37F3N4O5S/c1-6-44-30(40)16-26(23-13-27-31(28(14-23)43-5)38(4)37-36-27)21-8-7-20(3)24(12-21)18-39-17-19(2)11-22-9-10-25(32(33,34)35)15-29(22)45(39,41)42/h7-10,12-15,19,26,41-42H,6,11,16-18H2,1-5H3. The molecule has 1 aromatic heterocycles. The Labute approximate surface area is 261 Å². The lowest BCUT2D eigenvalue weighted by Crippen LogP contribution is -2.30. The van der Waals surface area contributed by atoms with Gasteiger partial charge in [0.05, 0.1) is 30.6 Å². The fourth-order valence-corrected chi connectivity index (χ4v) is 7.80. The highest BCUT2D eigenvalue weighted by Crippen LogP contribution is 2.57. The number of hydrogen-bond acceptors (Lipinski definition) is 8. The van der Waals surface area contributed by atoms with Crippen LogP contribution in [-0.4, -0.2) is 54.6 Å². The van der Waals surface area contributed by atoms with Gasteiger partial charge in [-0.05, 0) is 78.3 Å². The van der Waals surface area contributed by atoms with E-state index in [-0.39, 0.29) is 36.9 Å². The highest BCUT2D eigenvalue weighted by molar-refractivity contribution is 8.22. The monoisotopic (exact) mass is 646 g/mol. The zero-order chi connectivity index (χ0) is 32.7. The molecule has 13 heteroatoms. The largest absolute Gasteiger partial charge is 0.494 e. The van der Waals surface area contributed by atoms with Crippen LogP contribution < -0.4 is 4.74 Å². The van der Waals surface area contributed by atoms with E-state index in [1.54, 1.807) is 25.8 Å². The molecule has 0 spiro atoms. The van der Waals surface area contributed by atoms with E-state index in [9.17, 15) is 27.1 Å². The van der Waals surface area contributed by atoms with E-state index in [1.807, 2.05) is 44.2 Å². The zero-order valence-corrected chi connectivity index (χ0v) is 26.6. The van der Waals surface area contributed by atoms with Gasteiger partial charge in [-0.3, -0.25) is 13.9 Å². The third-order valence-electron chi connectivity index (χ3n) is 8.24. The first-order valence-electron chi connectivity index (χ1n) is 14.6. The molecule has 45 heavy (non-hydrogen) atoms. The van der Waals surface area contributed by atoms with Gasteiger partial charge in [-0.2, -0.15) is 17.5 Å². The number of rotatable bonds is 8. The molecule has 0 saturated heterocycles. The number of fused-ring (bicyclic) bond motifs is 2. The van der Waals surface area contributed by atoms with E-state index in [2.05, 4.69) is 10.3 Å². The summed E-state index contributed by atoms with van der Waals surface area (Å²) in [7, 11) is -0.459. The Morgan fingerprint density at radius 2 is 1.89 bits per heavy atom. The van der Waals surface area contributed by atoms with Gasteiger partial charge in [0.15, 0.2) is 0 Å². The van der Waals surface area contributed by atoms with Crippen LogP contribution in [0.5, 0.6) is 5.75 Å². The first kappa shape index (κ1) is 32.7. The Morgan fingerprint density at radius 3 is 2.58 bits per heavy atom. The molecule has 0 aliphatic carbocycles. The Morgan fingerprint density at radius 1 is 1.13 bits per heavy atom. The summed E-state index contributed by atoms with van der Waals surface area (Å²) in [6.07, 6.45) is -4.19. The van der Waals surface area contributed by atoms with Gasteiger partial charge < -0.3 is 9.47 Å². The maximum absolute atomic E-state index is 13.6. The van der Waals surface area contributed by atoms with Crippen molar-refractivity contribution in [1.29, 1.82) is 0 Å². The summed E-state index contributed by atoms with van der Waals surface area (Å²) < 4.78 is 77.9. The summed E-state index contributed by atoms with van der Waals surface area (Å²) in [5.41, 5.74) is 3.99. The number of methoxy groups -OCH3 is 1. The van der Waals surface area contributed by atoms with Crippen LogP contribution in [0.4, 0.5) is 13.2 Å². The molecule has 5 rings (SSSR count). The topological polar surface area (TPSA) is 110 Å². The number of aromatic nitrogens is 3. The van der Waals surface area contributed by atoms with Gasteiger partial charge in [-0.1, -0.05) is 36.4 Å². The summed E-state index contributed by atoms with van der Waals surface area (Å²) in [4.78, 5) is 12.7. The van der Waals surface area contributed by atoms with Gasteiger partial charge in [-0.15, -0.1) is 15.9 Å². The maximum atomic E-state index is 13.6. The van der Waals surface area contributed by atoms with E-state index in [0.717, 1.165) is 34.4 Å². The lowest BCUT2D eigenvalue weighted by atomic mass is 9.86. The van der Waals surface area contributed by atoms with Crippen LogP contribution in [0.3, 0.4) is 0 Å². The summed E-state index contributed by atoms with van der Waals surface area (Å²) in [5, 5.41) is 8.35. The normalized spacial score (nSPS) is 18.2. The van der Waals surface area contributed by atoms with Crippen LogP contribution in [0, 0.1) is 12.8 Å². The molecular weight excluding hydrogens is 609 g/mol. The Hall–Kier alpha value is -3.65. The number of aryl methyl sites for hydroxylation is 2.